The van der Waals surface area contributed by atoms with Gasteiger partial charge in [-0.3, -0.25) is 0 Å². The number of hydrogen-bond acceptors (Lipinski definition) is 3. The summed E-state index contributed by atoms with van der Waals surface area (Å²) < 4.78 is 76.6. The molecule has 0 saturated carbocycles. The number of hydrogen-bond donors (Lipinski definition) is 0. The largest absolute Gasteiger partial charge is 0.746 e. The lowest BCUT2D eigenvalue weighted by atomic mass is 10.4. The first-order valence-corrected chi connectivity index (χ1v) is 11.0. The van der Waals surface area contributed by atoms with Crippen molar-refractivity contribution in [3.63, 3.8) is 0 Å². The van der Waals surface area contributed by atoms with Gasteiger partial charge in [0.25, 0.3) is 0 Å². The van der Waals surface area contributed by atoms with E-state index >= 15 is 0 Å². The molecule has 0 saturated heterocycles. The van der Waals surface area contributed by atoms with Gasteiger partial charge in [0.1, 0.15) is 10.1 Å². The lowest BCUT2D eigenvalue weighted by molar-refractivity contribution is -0.237. The number of alkyl halides is 5. The maximum Gasteiger partial charge on any atom is 0.559 e. The maximum absolute atomic E-state index is 10.6. The molecule has 0 amide bonds. The molecule has 0 atom stereocenters. The monoisotopic (exact) mass is 496 g/mol. The highest BCUT2D eigenvalue weighted by molar-refractivity contribution is 7.97. The van der Waals surface area contributed by atoms with Crippen LogP contribution in [0.4, 0.5) is 22.0 Å². The van der Waals surface area contributed by atoms with E-state index in [4.69, 9.17) is 13.0 Å². The minimum absolute atomic E-state index is 0. The molecule has 0 aliphatic rings. The van der Waals surface area contributed by atoms with E-state index in [1.54, 1.807) is 0 Å². The van der Waals surface area contributed by atoms with E-state index in [0.717, 1.165) is 0 Å². The van der Waals surface area contributed by atoms with Crippen molar-refractivity contribution in [3.05, 3.63) is 91.0 Å². The quantitative estimate of drug-likeness (QED) is 0.222. The molecular formula is C22H25F5O3S2. The van der Waals surface area contributed by atoms with E-state index < -0.39 is 22.6 Å². The summed E-state index contributed by atoms with van der Waals surface area (Å²) in [5.41, 5.74) is 0. The number of rotatable bonds is 4. The Morgan fingerprint density at radius 2 is 0.844 bits per heavy atom. The molecule has 0 spiro atoms. The third kappa shape index (κ3) is 14.6. The van der Waals surface area contributed by atoms with Gasteiger partial charge in [-0.25, -0.2) is 12.8 Å². The molecule has 0 aromatic heterocycles. The van der Waals surface area contributed by atoms with Crippen LogP contribution in [0, 0.1) is 0 Å². The Hall–Kier alpha value is -2.43. The van der Waals surface area contributed by atoms with Crippen LogP contribution in [0.2, 0.25) is 0 Å². The third-order valence-corrected chi connectivity index (χ3v) is 5.57. The highest BCUT2D eigenvalue weighted by atomic mass is 32.2. The van der Waals surface area contributed by atoms with Crippen molar-refractivity contribution in [2.75, 3.05) is 6.01 Å². The fourth-order valence-electron chi connectivity index (χ4n) is 2.08. The second-order valence-electron chi connectivity index (χ2n) is 5.34. The Kier molecular flexibility index (Phi) is 15.3. The van der Waals surface area contributed by atoms with Gasteiger partial charge in [-0.05, 0) is 36.4 Å². The van der Waals surface area contributed by atoms with E-state index in [9.17, 15) is 22.0 Å². The highest BCUT2D eigenvalue weighted by Gasteiger charge is 2.27. The number of halogens is 5. The minimum Gasteiger partial charge on any atom is -0.746 e. The van der Waals surface area contributed by atoms with Gasteiger partial charge in [0.15, 0.2) is 20.7 Å². The molecule has 0 heterocycles. The van der Waals surface area contributed by atoms with Gasteiger partial charge in [-0.1, -0.05) is 69.5 Å². The van der Waals surface area contributed by atoms with Gasteiger partial charge in [0, 0.05) is 0 Å². The van der Waals surface area contributed by atoms with Crippen molar-refractivity contribution >= 4 is 21.0 Å². The van der Waals surface area contributed by atoms with Crippen LogP contribution in [0.25, 0.3) is 0 Å². The van der Waals surface area contributed by atoms with E-state index in [2.05, 4.69) is 91.0 Å². The zero-order chi connectivity index (χ0) is 22.6. The standard InChI is InChI=1S/C18H15S.CF4.CH3FO3S.2CH4/c1-4-10-16(11-5-1)19(17-12-6-2-7-13-17)18-14-8-3-9-15-18;2-1(3,4)5;2-1-6(3,4)5;;/h1-15H;;1H2,(H,3,4,5);2*1H4/q+1;;;;/p-1. The SMILES string of the molecule is C.C.FC(F)(F)F.O=S(=O)([O-])CF.c1ccc([S+](c2ccccc2)c2ccccc2)cc1. The van der Waals surface area contributed by atoms with Gasteiger partial charge in [0.05, 0.1) is 10.9 Å². The zero-order valence-corrected chi connectivity index (χ0v) is 16.9. The molecule has 10 heteroatoms. The fraction of sp³-hybridized carbons (Fsp3) is 0.182. The molecule has 3 nitrogen and oxygen atoms in total. The van der Waals surface area contributed by atoms with Crippen LogP contribution < -0.4 is 0 Å². The Morgan fingerprint density at radius 3 is 1.00 bits per heavy atom. The molecular weight excluding hydrogens is 471 g/mol. The van der Waals surface area contributed by atoms with Crippen molar-refractivity contribution in [2.45, 2.75) is 36.0 Å². The van der Waals surface area contributed by atoms with E-state index in [1.807, 2.05) is 0 Å². The molecule has 32 heavy (non-hydrogen) atoms. The lowest BCUT2D eigenvalue weighted by Gasteiger charge is -2.07. The minimum atomic E-state index is -5.50. The van der Waals surface area contributed by atoms with Crippen molar-refractivity contribution in [2.24, 2.45) is 0 Å². The van der Waals surface area contributed by atoms with Crippen molar-refractivity contribution in [1.29, 1.82) is 0 Å². The van der Waals surface area contributed by atoms with Crippen LogP contribution in [0.1, 0.15) is 14.9 Å². The average molecular weight is 497 g/mol. The van der Waals surface area contributed by atoms with E-state index in [-0.39, 0.29) is 25.7 Å². The van der Waals surface area contributed by atoms with Crippen molar-refractivity contribution in [1.82, 2.24) is 0 Å². The Labute approximate surface area is 189 Å². The summed E-state index contributed by atoms with van der Waals surface area (Å²) in [6, 6.07) is 30.3. The molecule has 3 aromatic carbocycles. The molecule has 0 unspecified atom stereocenters. The summed E-state index contributed by atoms with van der Waals surface area (Å²) in [7, 11) is -4.59. The Bertz CT molecular complexity index is 853. The molecule has 0 bridgehead atoms. The first-order chi connectivity index (χ1) is 14.0. The van der Waals surface area contributed by atoms with Gasteiger partial charge in [0.2, 0.25) is 0 Å². The molecule has 178 valence electrons. The smallest absolute Gasteiger partial charge is 0.559 e. The lowest BCUT2D eigenvalue weighted by Crippen LogP contribution is -2.04. The summed E-state index contributed by atoms with van der Waals surface area (Å²) in [6.45, 7) is 0. The molecule has 0 fully saturated rings. The van der Waals surface area contributed by atoms with E-state index in [0.29, 0.717) is 0 Å². The average Bonchev–Trinajstić information content (AvgIpc) is 2.69. The van der Waals surface area contributed by atoms with Crippen LogP contribution in [0.15, 0.2) is 106 Å². The third-order valence-electron chi connectivity index (χ3n) is 3.07. The van der Waals surface area contributed by atoms with Gasteiger partial charge in [-0.15, -0.1) is 17.6 Å². The van der Waals surface area contributed by atoms with E-state index in [1.165, 1.54) is 14.7 Å². The second kappa shape index (κ2) is 15.4. The van der Waals surface area contributed by atoms with Crippen molar-refractivity contribution < 1.29 is 34.9 Å². The molecule has 0 aliphatic carbocycles. The van der Waals surface area contributed by atoms with Gasteiger partial charge >= 0.3 is 6.43 Å². The maximum atomic E-state index is 10.6. The summed E-state index contributed by atoms with van der Waals surface area (Å²) in [5, 5.41) is 0. The van der Waals surface area contributed by atoms with Gasteiger partial charge < -0.3 is 4.55 Å². The summed E-state index contributed by atoms with van der Waals surface area (Å²) in [5.74, 6) is 0. The Morgan fingerprint density at radius 1 is 0.656 bits per heavy atom. The van der Waals surface area contributed by atoms with Crippen LogP contribution in [-0.4, -0.2) is 25.4 Å². The molecule has 3 rings (SSSR count). The molecule has 3 aromatic rings. The fourth-order valence-corrected chi connectivity index (χ4v) is 4.18. The predicted octanol–water partition coefficient (Wildman–Crippen LogP) is 6.99. The van der Waals surface area contributed by atoms with Crippen molar-refractivity contribution in [3.8, 4) is 0 Å². The topological polar surface area (TPSA) is 57.2 Å². The Balaban J connectivity index is 0. The summed E-state index contributed by atoms with van der Waals surface area (Å²) >= 11 is 0. The van der Waals surface area contributed by atoms with Gasteiger partial charge in [-0.2, -0.15) is 0 Å². The normalized spacial score (nSPS) is 10.3. The summed E-state index contributed by atoms with van der Waals surface area (Å²) in [6.07, 6.45) is -5.50. The molecule has 0 radical (unpaired) electrons. The molecule has 0 aliphatic heterocycles. The number of benzene rings is 3. The van der Waals surface area contributed by atoms with Crippen LogP contribution >= 0.6 is 0 Å². The predicted molar refractivity (Wildman–Crippen MR) is 118 cm³/mol. The van der Waals surface area contributed by atoms with Crippen LogP contribution in [0.5, 0.6) is 0 Å². The second-order valence-corrected chi connectivity index (χ2v) is 8.70. The zero-order valence-electron chi connectivity index (χ0n) is 15.3. The highest BCUT2D eigenvalue weighted by Crippen LogP contribution is 2.30. The van der Waals surface area contributed by atoms with Crippen LogP contribution in [0.3, 0.4) is 0 Å². The molecule has 0 N–H and O–H groups in total. The van der Waals surface area contributed by atoms with Crippen LogP contribution in [-0.2, 0) is 21.0 Å². The summed E-state index contributed by atoms with van der Waals surface area (Å²) in [4.78, 5) is 4.08. The first-order valence-electron chi connectivity index (χ1n) is 8.16. The first kappa shape index (κ1) is 31.8.